The molecule has 32 heavy (non-hydrogen) atoms. The van der Waals surface area contributed by atoms with E-state index in [1.807, 2.05) is 30.7 Å². The molecule has 0 radical (unpaired) electrons. The van der Waals surface area contributed by atoms with Crippen LogP contribution in [0.5, 0.6) is 0 Å². The summed E-state index contributed by atoms with van der Waals surface area (Å²) in [6.45, 7) is 3.21. The Morgan fingerprint density at radius 2 is 2.06 bits per heavy atom. The molecule has 3 N–H and O–H groups in total. The zero-order valence-corrected chi connectivity index (χ0v) is 19.6. The fraction of sp³-hybridized carbons (Fsp3) is 0.364. The normalized spacial score (nSPS) is 20.7. The lowest BCUT2D eigenvalue weighted by Crippen LogP contribution is -2.49. The summed E-state index contributed by atoms with van der Waals surface area (Å²) >= 11 is 14.2. The van der Waals surface area contributed by atoms with Crippen molar-refractivity contribution < 1.29 is 4.74 Å². The summed E-state index contributed by atoms with van der Waals surface area (Å²) in [6, 6.07) is 5.77. The van der Waals surface area contributed by atoms with Crippen molar-refractivity contribution in [1.82, 2.24) is 19.4 Å². The number of ether oxygens (including phenoxy) is 1. The van der Waals surface area contributed by atoms with Gasteiger partial charge in [-0.15, -0.1) is 0 Å². The van der Waals surface area contributed by atoms with Gasteiger partial charge < -0.3 is 20.4 Å². The van der Waals surface area contributed by atoms with Crippen LogP contribution in [0.2, 0.25) is 10.0 Å². The lowest BCUT2D eigenvalue weighted by atomic mass is 9.75. The number of aromatic amines is 1. The van der Waals surface area contributed by atoms with Gasteiger partial charge in [0.05, 0.1) is 28.6 Å². The molecule has 2 aliphatic heterocycles. The molecule has 2 fully saturated rings. The van der Waals surface area contributed by atoms with E-state index < -0.39 is 0 Å². The highest BCUT2D eigenvalue weighted by atomic mass is 35.5. The maximum atomic E-state index is 6.42. The number of rotatable bonds is 3. The van der Waals surface area contributed by atoms with Gasteiger partial charge in [0.1, 0.15) is 5.65 Å². The standard InChI is InChI=1S/C22H22Cl2N6OS/c23-13-2-1-3-14(18(13)24)32-15-10-27-19-17(15)20-26-6-9-30(20)21(28-19)29-7-4-22(5-8-29)12-31-11-16(22)25/h1-3,6,9-10,16,27H,4-5,7-8,11-12,25H2/t16-/m1/s1. The Balaban J connectivity index is 1.36. The van der Waals surface area contributed by atoms with Crippen LogP contribution in [0.4, 0.5) is 5.95 Å². The number of nitrogens with one attached hydrogen (secondary N) is 1. The predicted molar refractivity (Wildman–Crippen MR) is 128 cm³/mol. The molecule has 3 aromatic heterocycles. The van der Waals surface area contributed by atoms with Crippen LogP contribution in [0.25, 0.3) is 16.7 Å². The summed E-state index contributed by atoms with van der Waals surface area (Å²) in [5.74, 6) is 0.895. The van der Waals surface area contributed by atoms with Gasteiger partial charge in [-0.05, 0) is 25.0 Å². The molecule has 6 rings (SSSR count). The van der Waals surface area contributed by atoms with Crippen molar-refractivity contribution in [3.63, 3.8) is 0 Å². The van der Waals surface area contributed by atoms with Gasteiger partial charge in [-0.25, -0.2) is 4.98 Å². The number of piperidine rings is 1. The van der Waals surface area contributed by atoms with Gasteiger partial charge in [0.25, 0.3) is 0 Å². The first-order valence-corrected chi connectivity index (χ1v) is 12.2. The SMILES string of the molecule is N[C@@H]1COCC12CCN(c1nc3[nH]cc(Sc4cccc(Cl)c4Cl)c3c3nccn13)CC2. The van der Waals surface area contributed by atoms with Gasteiger partial charge in [-0.2, -0.15) is 4.98 Å². The minimum absolute atomic E-state index is 0.0983. The molecule has 1 spiro atoms. The van der Waals surface area contributed by atoms with E-state index in [2.05, 4.69) is 19.3 Å². The number of imidazole rings is 1. The summed E-state index contributed by atoms with van der Waals surface area (Å²) in [5, 5.41) is 2.06. The molecule has 0 amide bonds. The van der Waals surface area contributed by atoms with Gasteiger partial charge in [0.2, 0.25) is 5.95 Å². The van der Waals surface area contributed by atoms with Crippen LogP contribution < -0.4 is 10.6 Å². The fourth-order valence-electron chi connectivity index (χ4n) is 4.83. The second kappa shape index (κ2) is 7.81. The molecule has 2 aliphatic rings. The summed E-state index contributed by atoms with van der Waals surface area (Å²) in [7, 11) is 0. The van der Waals surface area contributed by atoms with E-state index in [9.17, 15) is 0 Å². The predicted octanol–water partition coefficient (Wildman–Crippen LogP) is 4.61. The number of fused-ring (bicyclic) bond motifs is 3. The minimum Gasteiger partial charge on any atom is -0.379 e. The molecule has 2 saturated heterocycles. The number of H-pyrrole nitrogens is 1. The number of aromatic nitrogens is 4. The number of benzene rings is 1. The van der Waals surface area contributed by atoms with Crippen LogP contribution in [0, 0.1) is 5.41 Å². The summed E-state index contributed by atoms with van der Waals surface area (Å²) in [4.78, 5) is 17.2. The number of halogens is 2. The number of anilines is 1. The molecule has 166 valence electrons. The van der Waals surface area contributed by atoms with E-state index in [1.165, 1.54) is 0 Å². The zero-order chi connectivity index (χ0) is 21.9. The lowest BCUT2D eigenvalue weighted by molar-refractivity contribution is 0.131. The quantitative estimate of drug-likeness (QED) is 0.437. The van der Waals surface area contributed by atoms with Crippen LogP contribution >= 0.6 is 35.0 Å². The van der Waals surface area contributed by atoms with Crippen molar-refractivity contribution in [3.8, 4) is 0 Å². The van der Waals surface area contributed by atoms with Crippen molar-refractivity contribution in [3.05, 3.63) is 46.8 Å². The minimum atomic E-state index is 0.0983. The molecule has 1 atom stereocenters. The highest BCUT2D eigenvalue weighted by Gasteiger charge is 2.44. The van der Waals surface area contributed by atoms with Gasteiger partial charge in [-0.1, -0.05) is 41.0 Å². The number of hydrogen-bond donors (Lipinski definition) is 2. The number of hydrogen-bond acceptors (Lipinski definition) is 6. The van der Waals surface area contributed by atoms with E-state index >= 15 is 0 Å². The van der Waals surface area contributed by atoms with Crippen LogP contribution in [-0.2, 0) is 4.74 Å². The zero-order valence-electron chi connectivity index (χ0n) is 17.2. The van der Waals surface area contributed by atoms with Gasteiger partial charge in [0.15, 0.2) is 5.65 Å². The van der Waals surface area contributed by atoms with Gasteiger partial charge in [-0.3, -0.25) is 4.40 Å². The molecule has 0 unspecified atom stereocenters. The van der Waals surface area contributed by atoms with Crippen LogP contribution in [0.3, 0.4) is 0 Å². The number of nitrogens with zero attached hydrogens (tertiary/aromatic N) is 4. The molecule has 1 aromatic carbocycles. The van der Waals surface area contributed by atoms with Gasteiger partial charge in [0, 0.05) is 52.9 Å². The largest absolute Gasteiger partial charge is 0.379 e. The highest BCUT2D eigenvalue weighted by Crippen LogP contribution is 2.42. The average Bonchev–Trinajstić information content (AvgIpc) is 3.51. The monoisotopic (exact) mass is 488 g/mol. The molecule has 0 saturated carbocycles. The summed E-state index contributed by atoms with van der Waals surface area (Å²) in [5.41, 5.74) is 8.14. The fourth-order valence-corrected chi connectivity index (χ4v) is 6.29. The highest BCUT2D eigenvalue weighted by molar-refractivity contribution is 7.99. The van der Waals surface area contributed by atoms with E-state index in [0.29, 0.717) is 16.7 Å². The molecule has 7 nitrogen and oxygen atoms in total. The molecule has 0 bridgehead atoms. The Morgan fingerprint density at radius 3 is 2.84 bits per heavy atom. The molecule has 0 aliphatic carbocycles. The second-order valence-corrected chi connectivity index (χ2v) is 10.4. The van der Waals surface area contributed by atoms with Crippen molar-refractivity contribution >= 4 is 57.6 Å². The molecule has 4 aromatic rings. The van der Waals surface area contributed by atoms with E-state index in [4.69, 9.17) is 38.7 Å². The Morgan fingerprint density at radius 1 is 1.22 bits per heavy atom. The van der Waals surface area contributed by atoms with Crippen molar-refractivity contribution in [2.24, 2.45) is 11.1 Å². The molecular formula is C22H22Cl2N6OS. The Labute approximate surface area is 199 Å². The summed E-state index contributed by atoms with van der Waals surface area (Å²) < 4.78 is 7.75. The van der Waals surface area contributed by atoms with Crippen molar-refractivity contribution in [1.29, 1.82) is 0 Å². The Kier molecular flexibility index (Phi) is 5.04. The third kappa shape index (κ3) is 3.20. The van der Waals surface area contributed by atoms with E-state index in [0.717, 1.165) is 65.0 Å². The van der Waals surface area contributed by atoms with Crippen molar-refractivity contribution in [2.75, 3.05) is 31.2 Å². The first kappa shape index (κ1) is 20.6. The Hall–Kier alpha value is -1.97. The number of nitrogens with two attached hydrogens (primary N) is 1. The molecule has 10 heteroatoms. The van der Waals surface area contributed by atoms with Crippen LogP contribution in [0.15, 0.2) is 46.6 Å². The second-order valence-electron chi connectivity index (χ2n) is 8.53. The lowest BCUT2D eigenvalue weighted by Gasteiger charge is -2.41. The topological polar surface area (TPSA) is 84.5 Å². The van der Waals surface area contributed by atoms with E-state index in [-0.39, 0.29) is 11.5 Å². The molecular weight excluding hydrogens is 467 g/mol. The molecule has 5 heterocycles. The summed E-state index contributed by atoms with van der Waals surface area (Å²) in [6.07, 6.45) is 7.75. The Bertz CT molecular complexity index is 1310. The van der Waals surface area contributed by atoms with Gasteiger partial charge >= 0.3 is 0 Å². The first-order chi connectivity index (χ1) is 15.6. The van der Waals surface area contributed by atoms with Crippen LogP contribution in [0.1, 0.15) is 12.8 Å². The van der Waals surface area contributed by atoms with Crippen LogP contribution in [-0.4, -0.2) is 51.7 Å². The smallest absolute Gasteiger partial charge is 0.213 e. The third-order valence-corrected chi connectivity index (χ3v) is 8.80. The first-order valence-electron chi connectivity index (χ1n) is 10.6. The maximum absolute atomic E-state index is 6.42. The maximum Gasteiger partial charge on any atom is 0.213 e. The third-order valence-electron chi connectivity index (χ3n) is 6.77. The van der Waals surface area contributed by atoms with E-state index in [1.54, 1.807) is 17.8 Å². The average molecular weight is 489 g/mol. The van der Waals surface area contributed by atoms with Crippen molar-refractivity contribution in [2.45, 2.75) is 28.7 Å².